The van der Waals surface area contributed by atoms with Gasteiger partial charge in [-0.15, -0.1) is 5.10 Å². The number of tetrazole rings is 1. The maximum Gasteiger partial charge on any atom is 0.190 e. The fraction of sp³-hybridized carbons (Fsp3) is 0.280. The first kappa shape index (κ1) is 25.0. The number of hydrogen-bond donors (Lipinski definition) is 1. The van der Waals surface area contributed by atoms with Crippen LogP contribution in [0.2, 0.25) is 5.02 Å². The van der Waals surface area contributed by atoms with E-state index in [4.69, 9.17) is 26.8 Å². The van der Waals surface area contributed by atoms with Gasteiger partial charge in [-0.2, -0.15) is 4.68 Å². The van der Waals surface area contributed by atoms with Gasteiger partial charge in [-0.05, 0) is 53.2 Å². The third-order valence-corrected chi connectivity index (χ3v) is 6.48. The summed E-state index contributed by atoms with van der Waals surface area (Å²) in [6, 6.07) is 9.26. The van der Waals surface area contributed by atoms with Gasteiger partial charge in [0.2, 0.25) is 0 Å². The molecule has 2 N–H and O–H groups in total. The molecule has 1 fully saturated rings. The summed E-state index contributed by atoms with van der Waals surface area (Å²) in [7, 11) is 0. The van der Waals surface area contributed by atoms with Crippen molar-refractivity contribution in [3.63, 3.8) is 0 Å². The molecule has 0 atom stereocenters. The first-order valence-electron chi connectivity index (χ1n) is 11.6. The molecule has 12 heteroatoms. The number of rotatable bonds is 7. The highest BCUT2D eigenvalue weighted by atomic mass is 35.5. The third-order valence-electron chi connectivity index (χ3n) is 6.20. The van der Waals surface area contributed by atoms with Gasteiger partial charge in [0.05, 0.1) is 23.8 Å². The molecule has 0 bridgehead atoms. The Morgan fingerprint density at radius 2 is 1.92 bits per heavy atom. The molecule has 0 unspecified atom stereocenters. The molecule has 1 aliphatic rings. The van der Waals surface area contributed by atoms with Crippen molar-refractivity contribution in [3.8, 4) is 34.0 Å². The monoisotopic (exact) mass is 527 g/mol. The Balaban J connectivity index is 1.42. The topological polar surface area (TPSA) is 104 Å². The Morgan fingerprint density at radius 1 is 1.11 bits per heavy atom. The summed E-state index contributed by atoms with van der Waals surface area (Å²) in [6.45, 7) is 5.91. The molecule has 0 amide bonds. The van der Waals surface area contributed by atoms with Gasteiger partial charge in [-0.25, -0.2) is 13.8 Å². The van der Waals surface area contributed by atoms with E-state index in [1.54, 1.807) is 31.2 Å². The molecule has 5 rings (SSSR count). The van der Waals surface area contributed by atoms with Crippen LogP contribution in [-0.2, 0) is 4.74 Å². The predicted octanol–water partition coefficient (Wildman–Crippen LogP) is 3.92. The van der Waals surface area contributed by atoms with E-state index >= 15 is 4.39 Å². The van der Waals surface area contributed by atoms with Crippen LogP contribution in [0.1, 0.15) is 5.56 Å². The van der Waals surface area contributed by atoms with E-state index in [0.717, 1.165) is 19.6 Å². The molecule has 37 heavy (non-hydrogen) atoms. The van der Waals surface area contributed by atoms with Crippen molar-refractivity contribution >= 4 is 17.4 Å². The minimum absolute atomic E-state index is 0.0227. The summed E-state index contributed by atoms with van der Waals surface area (Å²) in [5, 5.41) is 11.8. The molecule has 4 aromatic rings. The van der Waals surface area contributed by atoms with Gasteiger partial charge in [-0.3, -0.25) is 4.90 Å². The molecule has 9 nitrogen and oxygen atoms in total. The highest BCUT2D eigenvalue weighted by Gasteiger charge is 2.21. The Labute approximate surface area is 216 Å². The Morgan fingerprint density at radius 3 is 2.70 bits per heavy atom. The average molecular weight is 528 g/mol. The maximum atomic E-state index is 15.5. The van der Waals surface area contributed by atoms with E-state index in [1.165, 1.54) is 23.0 Å². The van der Waals surface area contributed by atoms with Crippen LogP contribution in [0, 0.1) is 18.6 Å². The molecule has 192 valence electrons. The zero-order valence-electron chi connectivity index (χ0n) is 20.0. The van der Waals surface area contributed by atoms with Crippen molar-refractivity contribution in [1.29, 1.82) is 0 Å². The number of pyridine rings is 1. The zero-order chi connectivity index (χ0) is 25.9. The first-order valence-corrected chi connectivity index (χ1v) is 12.0. The number of anilines is 1. The van der Waals surface area contributed by atoms with Crippen molar-refractivity contribution < 1.29 is 18.3 Å². The standard InChI is InChI=1S/C25H24ClF2N7O2/c1-15-22(37-11-8-34-6-9-36-10-7-34)5-4-21(23(15)28)35-25(31-32-33-35)18-12-17(14-30-24(18)29)16-2-3-20(27)19(26)13-16/h2-5,12-14H,6-11H2,1H3,(H2,29,30). The molecule has 1 aliphatic heterocycles. The summed E-state index contributed by atoms with van der Waals surface area (Å²) in [6.07, 6.45) is 1.53. The van der Waals surface area contributed by atoms with Crippen LogP contribution < -0.4 is 10.5 Å². The molecule has 1 saturated heterocycles. The van der Waals surface area contributed by atoms with Crippen LogP contribution in [0.3, 0.4) is 0 Å². The van der Waals surface area contributed by atoms with Gasteiger partial charge in [0.15, 0.2) is 11.6 Å². The second-order valence-electron chi connectivity index (χ2n) is 8.52. The van der Waals surface area contributed by atoms with Gasteiger partial charge < -0.3 is 15.2 Å². The van der Waals surface area contributed by atoms with E-state index < -0.39 is 11.6 Å². The van der Waals surface area contributed by atoms with Crippen molar-refractivity contribution in [2.75, 3.05) is 45.2 Å². The summed E-state index contributed by atoms with van der Waals surface area (Å²) in [5.74, 6) is -0.268. The van der Waals surface area contributed by atoms with Gasteiger partial charge in [0, 0.05) is 37.0 Å². The SMILES string of the molecule is Cc1c(OCCN2CCOCC2)ccc(-n2nnnc2-c2cc(-c3ccc(F)c(Cl)c3)cnc2N)c1F. The molecule has 2 aromatic heterocycles. The summed E-state index contributed by atoms with van der Waals surface area (Å²) in [4.78, 5) is 6.47. The van der Waals surface area contributed by atoms with E-state index in [0.29, 0.717) is 47.8 Å². The normalized spacial score (nSPS) is 14.2. The van der Waals surface area contributed by atoms with Crippen LogP contribution >= 0.6 is 11.6 Å². The average Bonchev–Trinajstić information content (AvgIpc) is 3.38. The van der Waals surface area contributed by atoms with Crippen molar-refractivity contribution in [2.45, 2.75) is 6.92 Å². The largest absolute Gasteiger partial charge is 0.492 e. The highest BCUT2D eigenvalue weighted by molar-refractivity contribution is 6.31. The Kier molecular flexibility index (Phi) is 7.26. The van der Waals surface area contributed by atoms with Crippen molar-refractivity contribution in [1.82, 2.24) is 30.1 Å². The fourth-order valence-corrected chi connectivity index (χ4v) is 4.27. The number of nitrogen functional groups attached to an aromatic ring is 1. The van der Waals surface area contributed by atoms with Crippen LogP contribution in [-0.4, -0.2) is 69.5 Å². The number of benzene rings is 2. The molecule has 0 radical (unpaired) electrons. The quantitative estimate of drug-likeness (QED) is 0.385. The molecular weight excluding hydrogens is 504 g/mol. The lowest BCUT2D eigenvalue weighted by Gasteiger charge is -2.26. The molecule has 0 spiro atoms. The Hall–Kier alpha value is -3.67. The van der Waals surface area contributed by atoms with E-state index in [2.05, 4.69) is 25.4 Å². The number of nitrogens with two attached hydrogens (primary N) is 1. The second kappa shape index (κ2) is 10.8. The number of ether oxygens (including phenoxy) is 2. The Bertz CT molecular complexity index is 1430. The number of morpholine rings is 1. The smallest absolute Gasteiger partial charge is 0.190 e. The number of nitrogens with zero attached hydrogens (tertiary/aromatic N) is 6. The van der Waals surface area contributed by atoms with Crippen LogP contribution in [0.5, 0.6) is 5.75 Å². The fourth-order valence-electron chi connectivity index (χ4n) is 4.09. The lowest BCUT2D eigenvalue weighted by molar-refractivity contribution is 0.0322. The molecule has 0 saturated carbocycles. The first-order chi connectivity index (χ1) is 17.9. The van der Waals surface area contributed by atoms with Crippen LogP contribution in [0.4, 0.5) is 14.6 Å². The van der Waals surface area contributed by atoms with Gasteiger partial charge in [0.25, 0.3) is 0 Å². The second-order valence-corrected chi connectivity index (χ2v) is 8.93. The minimum Gasteiger partial charge on any atom is -0.492 e. The van der Waals surface area contributed by atoms with Crippen LogP contribution in [0.15, 0.2) is 42.6 Å². The summed E-state index contributed by atoms with van der Waals surface area (Å²) < 4.78 is 41.6. The molecular formula is C25H24ClF2N7O2. The van der Waals surface area contributed by atoms with Gasteiger partial charge >= 0.3 is 0 Å². The molecule has 3 heterocycles. The highest BCUT2D eigenvalue weighted by Crippen LogP contribution is 2.32. The molecule has 2 aromatic carbocycles. The van der Waals surface area contributed by atoms with Crippen molar-refractivity contribution in [3.05, 3.63) is 64.8 Å². The lowest BCUT2D eigenvalue weighted by Crippen LogP contribution is -2.38. The van der Waals surface area contributed by atoms with E-state index in [1.807, 2.05) is 0 Å². The zero-order valence-corrected chi connectivity index (χ0v) is 20.8. The number of hydrogen-bond acceptors (Lipinski definition) is 8. The molecule has 0 aliphatic carbocycles. The summed E-state index contributed by atoms with van der Waals surface area (Å²) >= 11 is 5.94. The van der Waals surface area contributed by atoms with E-state index in [-0.39, 0.29) is 22.4 Å². The lowest BCUT2D eigenvalue weighted by atomic mass is 10.0. The maximum absolute atomic E-state index is 15.5. The number of aromatic nitrogens is 5. The van der Waals surface area contributed by atoms with Gasteiger partial charge in [0.1, 0.15) is 29.7 Å². The summed E-state index contributed by atoms with van der Waals surface area (Å²) in [5.41, 5.74) is 8.22. The third kappa shape index (κ3) is 5.24. The number of halogens is 3. The van der Waals surface area contributed by atoms with Crippen LogP contribution in [0.25, 0.3) is 28.2 Å². The minimum atomic E-state index is -0.530. The van der Waals surface area contributed by atoms with Gasteiger partial charge in [-0.1, -0.05) is 17.7 Å². The van der Waals surface area contributed by atoms with E-state index in [9.17, 15) is 4.39 Å². The predicted molar refractivity (Wildman–Crippen MR) is 135 cm³/mol. The van der Waals surface area contributed by atoms with Crippen molar-refractivity contribution in [2.24, 2.45) is 0 Å².